The van der Waals surface area contributed by atoms with Crippen molar-refractivity contribution >= 4 is 15.9 Å². The van der Waals surface area contributed by atoms with Gasteiger partial charge < -0.3 is 10.5 Å². The normalized spacial score (nSPS) is 21.3. The Morgan fingerprint density at radius 1 is 1.42 bits per heavy atom. The van der Waals surface area contributed by atoms with E-state index in [1.165, 1.54) is 5.56 Å². The van der Waals surface area contributed by atoms with Crippen molar-refractivity contribution in [1.29, 1.82) is 0 Å². The lowest BCUT2D eigenvalue weighted by Crippen LogP contribution is -2.48. The van der Waals surface area contributed by atoms with Crippen molar-refractivity contribution in [3.8, 4) is 0 Å². The lowest BCUT2D eigenvalue weighted by atomic mass is 10.0. The molecule has 1 atom stereocenters. The van der Waals surface area contributed by atoms with Crippen LogP contribution in [-0.2, 0) is 4.74 Å². The van der Waals surface area contributed by atoms with Crippen LogP contribution in [-0.4, -0.2) is 36.7 Å². The summed E-state index contributed by atoms with van der Waals surface area (Å²) < 4.78 is 6.83. The van der Waals surface area contributed by atoms with E-state index in [1.54, 1.807) is 0 Å². The number of hydrogen-bond acceptors (Lipinski definition) is 3. The Balaban J connectivity index is 1.87. The van der Waals surface area contributed by atoms with Gasteiger partial charge >= 0.3 is 0 Å². The first-order valence-electron chi connectivity index (χ1n) is 6.84. The first-order chi connectivity index (χ1) is 8.98. The second-order valence-corrected chi connectivity index (χ2v) is 6.66. The van der Waals surface area contributed by atoms with Gasteiger partial charge in [0.05, 0.1) is 12.2 Å². The Labute approximate surface area is 124 Å². The van der Waals surface area contributed by atoms with E-state index in [-0.39, 0.29) is 11.6 Å². The van der Waals surface area contributed by atoms with Gasteiger partial charge in [0.25, 0.3) is 0 Å². The molecule has 3 nitrogen and oxygen atoms in total. The third-order valence-electron chi connectivity index (χ3n) is 3.57. The van der Waals surface area contributed by atoms with Crippen LogP contribution in [0.1, 0.15) is 31.9 Å². The minimum atomic E-state index is -0.0321. The van der Waals surface area contributed by atoms with Gasteiger partial charge in [-0.05, 0) is 31.9 Å². The number of morpholine rings is 1. The van der Waals surface area contributed by atoms with Crippen LogP contribution in [0.4, 0.5) is 0 Å². The predicted molar refractivity (Wildman–Crippen MR) is 82.2 cm³/mol. The lowest BCUT2D eigenvalue weighted by Gasteiger charge is -2.38. The van der Waals surface area contributed by atoms with Gasteiger partial charge in [0.15, 0.2) is 0 Å². The summed E-state index contributed by atoms with van der Waals surface area (Å²) in [5, 5.41) is 0. The molecule has 0 aliphatic carbocycles. The molecule has 1 aliphatic rings. The summed E-state index contributed by atoms with van der Waals surface area (Å²) in [4.78, 5) is 2.44. The van der Waals surface area contributed by atoms with Crippen LogP contribution >= 0.6 is 15.9 Å². The second kappa shape index (κ2) is 6.35. The van der Waals surface area contributed by atoms with Crippen LogP contribution < -0.4 is 5.73 Å². The maximum atomic E-state index is 6.29. The highest BCUT2D eigenvalue weighted by Gasteiger charge is 2.27. The van der Waals surface area contributed by atoms with Crippen molar-refractivity contribution in [3.63, 3.8) is 0 Å². The molecule has 1 fully saturated rings. The smallest absolute Gasteiger partial charge is 0.0753 e. The molecule has 0 aromatic heterocycles. The Bertz CT molecular complexity index is 422. The zero-order chi connectivity index (χ0) is 13.9. The molecular formula is C15H23BrN2O. The molecule has 0 bridgehead atoms. The first-order valence-corrected chi connectivity index (χ1v) is 7.63. The number of ether oxygens (including phenoxy) is 1. The van der Waals surface area contributed by atoms with Crippen LogP contribution in [0.5, 0.6) is 0 Å². The lowest BCUT2D eigenvalue weighted by molar-refractivity contribution is -0.0863. The minimum Gasteiger partial charge on any atom is -0.373 e. The molecule has 1 aliphatic heterocycles. The molecule has 1 aromatic rings. The zero-order valence-corrected chi connectivity index (χ0v) is 13.3. The van der Waals surface area contributed by atoms with E-state index in [1.807, 2.05) is 18.2 Å². The summed E-state index contributed by atoms with van der Waals surface area (Å²) in [5.41, 5.74) is 7.45. The largest absolute Gasteiger partial charge is 0.373 e. The standard InChI is InChI=1S/C15H23BrN2O/c1-15(2)11-18(9-10-19-15)8-7-14(17)12-5-3-4-6-13(12)16/h3-6,14H,7-11,17H2,1-2H3. The van der Waals surface area contributed by atoms with E-state index < -0.39 is 0 Å². The molecule has 1 heterocycles. The Morgan fingerprint density at radius 3 is 2.84 bits per heavy atom. The molecule has 106 valence electrons. The van der Waals surface area contributed by atoms with E-state index in [2.05, 4.69) is 40.7 Å². The van der Waals surface area contributed by atoms with Gasteiger partial charge in [-0.25, -0.2) is 0 Å². The summed E-state index contributed by atoms with van der Waals surface area (Å²) in [6.45, 7) is 8.12. The average Bonchev–Trinajstić information content (AvgIpc) is 2.35. The topological polar surface area (TPSA) is 38.5 Å². The fourth-order valence-electron chi connectivity index (χ4n) is 2.56. The third-order valence-corrected chi connectivity index (χ3v) is 4.29. The molecule has 0 spiro atoms. The van der Waals surface area contributed by atoms with Gasteiger partial charge in [0.1, 0.15) is 0 Å². The SMILES string of the molecule is CC1(C)CN(CCC(N)c2ccccc2Br)CCO1. The van der Waals surface area contributed by atoms with Crippen LogP contribution in [0.25, 0.3) is 0 Å². The molecule has 4 heteroatoms. The number of benzene rings is 1. The van der Waals surface area contributed by atoms with Crippen molar-refractivity contribution in [2.75, 3.05) is 26.2 Å². The number of halogens is 1. The summed E-state index contributed by atoms with van der Waals surface area (Å²) in [6, 6.07) is 8.29. The molecule has 0 saturated carbocycles. The van der Waals surface area contributed by atoms with Crippen LogP contribution in [0, 0.1) is 0 Å². The first kappa shape index (κ1) is 15.0. The van der Waals surface area contributed by atoms with E-state index in [0.29, 0.717) is 0 Å². The maximum absolute atomic E-state index is 6.29. The van der Waals surface area contributed by atoms with Gasteiger partial charge in [-0.3, -0.25) is 4.90 Å². The van der Waals surface area contributed by atoms with Crippen molar-refractivity contribution in [2.45, 2.75) is 31.9 Å². The summed E-state index contributed by atoms with van der Waals surface area (Å²) in [6.07, 6.45) is 0.971. The monoisotopic (exact) mass is 326 g/mol. The molecule has 2 rings (SSSR count). The number of nitrogens with two attached hydrogens (primary N) is 1. The predicted octanol–water partition coefficient (Wildman–Crippen LogP) is 2.95. The van der Waals surface area contributed by atoms with Gasteiger partial charge in [-0.2, -0.15) is 0 Å². The van der Waals surface area contributed by atoms with Crippen molar-refractivity contribution in [2.24, 2.45) is 5.73 Å². The van der Waals surface area contributed by atoms with Crippen molar-refractivity contribution < 1.29 is 4.74 Å². The van der Waals surface area contributed by atoms with Crippen LogP contribution in [0.3, 0.4) is 0 Å². The highest BCUT2D eigenvalue weighted by atomic mass is 79.9. The van der Waals surface area contributed by atoms with Gasteiger partial charge in [0.2, 0.25) is 0 Å². The summed E-state index contributed by atoms with van der Waals surface area (Å²) in [7, 11) is 0. The van der Waals surface area contributed by atoms with Gasteiger partial charge in [-0.15, -0.1) is 0 Å². The molecule has 0 radical (unpaired) electrons. The van der Waals surface area contributed by atoms with Crippen LogP contribution in [0.15, 0.2) is 28.7 Å². The van der Waals surface area contributed by atoms with Crippen molar-refractivity contribution in [3.05, 3.63) is 34.3 Å². The maximum Gasteiger partial charge on any atom is 0.0753 e. The summed E-state index contributed by atoms with van der Waals surface area (Å²) >= 11 is 3.57. The third kappa shape index (κ3) is 4.28. The van der Waals surface area contributed by atoms with E-state index in [9.17, 15) is 0 Å². The minimum absolute atomic E-state index is 0.0321. The van der Waals surface area contributed by atoms with E-state index >= 15 is 0 Å². The van der Waals surface area contributed by atoms with Gasteiger partial charge in [-0.1, -0.05) is 34.1 Å². The highest BCUT2D eigenvalue weighted by Crippen LogP contribution is 2.24. The molecule has 0 amide bonds. The summed E-state index contributed by atoms with van der Waals surface area (Å²) in [5.74, 6) is 0. The molecule has 2 N–H and O–H groups in total. The molecule has 1 aromatic carbocycles. The molecule has 1 saturated heterocycles. The molecule has 1 unspecified atom stereocenters. The Morgan fingerprint density at radius 2 is 2.16 bits per heavy atom. The van der Waals surface area contributed by atoms with Crippen molar-refractivity contribution in [1.82, 2.24) is 4.90 Å². The van der Waals surface area contributed by atoms with E-state index in [0.717, 1.165) is 37.1 Å². The fraction of sp³-hybridized carbons (Fsp3) is 0.600. The Kier molecular flexibility index (Phi) is 5.01. The highest BCUT2D eigenvalue weighted by molar-refractivity contribution is 9.10. The number of rotatable bonds is 4. The zero-order valence-electron chi connectivity index (χ0n) is 11.7. The molecular weight excluding hydrogens is 304 g/mol. The quantitative estimate of drug-likeness (QED) is 0.924. The van der Waals surface area contributed by atoms with Gasteiger partial charge in [0, 0.05) is 30.1 Å². The van der Waals surface area contributed by atoms with E-state index in [4.69, 9.17) is 10.5 Å². The Hall–Kier alpha value is -0.420. The second-order valence-electron chi connectivity index (χ2n) is 5.80. The average molecular weight is 327 g/mol. The van der Waals surface area contributed by atoms with Crippen LogP contribution in [0.2, 0.25) is 0 Å². The molecule has 19 heavy (non-hydrogen) atoms. The number of hydrogen-bond donors (Lipinski definition) is 1. The number of nitrogens with zero attached hydrogens (tertiary/aromatic N) is 1. The fourth-order valence-corrected chi connectivity index (χ4v) is 3.14.